The third kappa shape index (κ3) is 4.19. The maximum atomic E-state index is 13.0. The number of fused-ring (bicyclic) bond motifs is 1. The van der Waals surface area contributed by atoms with E-state index in [9.17, 15) is 14.7 Å². The van der Waals surface area contributed by atoms with E-state index in [0.717, 1.165) is 30.5 Å². The van der Waals surface area contributed by atoms with Crippen LogP contribution in [0.2, 0.25) is 0 Å². The van der Waals surface area contributed by atoms with Crippen molar-refractivity contribution < 1.29 is 19.4 Å². The highest BCUT2D eigenvalue weighted by Gasteiger charge is 2.56. The van der Waals surface area contributed by atoms with E-state index in [1.54, 1.807) is 11.8 Å². The van der Waals surface area contributed by atoms with Gasteiger partial charge in [-0.3, -0.25) is 9.69 Å². The van der Waals surface area contributed by atoms with E-state index in [1.807, 2.05) is 56.3 Å². The molecule has 0 bridgehead atoms. The molecular weight excluding hydrogens is 406 g/mol. The molecule has 2 amide bonds. The fourth-order valence-corrected chi connectivity index (χ4v) is 5.53. The zero-order chi connectivity index (χ0) is 23.0. The summed E-state index contributed by atoms with van der Waals surface area (Å²) in [4.78, 5) is 26.7. The molecule has 2 saturated heterocycles. The minimum Gasteiger partial charge on any atom is -0.443 e. The first-order valence-corrected chi connectivity index (χ1v) is 11.4. The molecule has 32 heavy (non-hydrogen) atoms. The Labute approximate surface area is 189 Å². The van der Waals surface area contributed by atoms with Crippen LogP contribution in [-0.4, -0.2) is 45.7 Å². The van der Waals surface area contributed by atoms with Crippen LogP contribution in [0.1, 0.15) is 51.7 Å². The van der Waals surface area contributed by atoms with Crippen molar-refractivity contribution in [2.24, 2.45) is 17.6 Å². The number of amides is 2. The van der Waals surface area contributed by atoms with Crippen molar-refractivity contribution in [3.63, 3.8) is 0 Å². The lowest BCUT2D eigenvalue weighted by Crippen LogP contribution is -2.61. The van der Waals surface area contributed by atoms with Gasteiger partial charge in [0.2, 0.25) is 5.91 Å². The number of carbonyl (C=O) groups is 2. The molecule has 0 spiro atoms. The standard InChI is InChI=1S/C25H33N3O4/c1-15(26)23(30)27-18-11-9-16(10-12-18)21-19-13-14-20(22(29)17-7-5-4-6-8-17)28(19)24(31)32-25(21,2)3/h4-9,11-12,15-16,19-22,29H,10,13-14,26H2,1-3H3,(H,27,30)/t15-,16?,19-,20+,21?,22+/m0/s1. The van der Waals surface area contributed by atoms with Crippen molar-refractivity contribution in [2.75, 3.05) is 0 Å². The number of hydrogen-bond acceptors (Lipinski definition) is 5. The number of benzene rings is 1. The van der Waals surface area contributed by atoms with Gasteiger partial charge in [0.1, 0.15) is 5.60 Å². The molecule has 0 aromatic heterocycles. The van der Waals surface area contributed by atoms with Gasteiger partial charge < -0.3 is 20.9 Å². The number of carbonyl (C=O) groups excluding carboxylic acids is 2. The number of rotatable bonds is 5. The quantitative estimate of drug-likeness (QED) is 0.654. The molecule has 7 nitrogen and oxygen atoms in total. The SMILES string of the molecule is C[C@H](N)C(=O)NC1=CCC(C2[C@@H]3CC[C@H]([C@H](O)c4ccccc4)N3C(=O)OC2(C)C)C=C1. The second-order valence-electron chi connectivity index (χ2n) is 9.67. The smallest absolute Gasteiger partial charge is 0.410 e. The molecule has 4 rings (SSSR count). The Morgan fingerprint density at radius 3 is 2.62 bits per heavy atom. The summed E-state index contributed by atoms with van der Waals surface area (Å²) >= 11 is 0. The van der Waals surface area contributed by atoms with Crippen LogP contribution in [0.5, 0.6) is 0 Å². The van der Waals surface area contributed by atoms with Gasteiger partial charge in [0.25, 0.3) is 0 Å². The molecule has 172 valence electrons. The van der Waals surface area contributed by atoms with Crippen molar-refractivity contribution in [3.8, 4) is 0 Å². The summed E-state index contributed by atoms with van der Waals surface area (Å²) in [5.74, 6) is -0.00786. The lowest BCUT2D eigenvalue weighted by Gasteiger charge is -2.50. The molecule has 0 saturated carbocycles. The molecule has 4 N–H and O–H groups in total. The van der Waals surface area contributed by atoms with Crippen LogP contribution >= 0.6 is 0 Å². The number of nitrogens with zero attached hydrogens (tertiary/aromatic N) is 1. The molecule has 2 heterocycles. The number of ether oxygens (including phenoxy) is 1. The first-order chi connectivity index (χ1) is 15.2. The van der Waals surface area contributed by atoms with Crippen LogP contribution in [0.4, 0.5) is 4.79 Å². The minimum atomic E-state index is -0.752. The Bertz CT molecular complexity index is 924. The van der Waals surface area contributed by atoms with Crippen LogP contribution < -0.4 is 11.1 Å². The summed E-state index contributed by atoms with van der Waals surface area (Å²) in [7, 11) is 0. The monoisotopic (exact) mass is 439 g/mol. The van der Waals surface area contributed by atoms with Gasteiger partial charge in [-0.2, -0.15) is 0 Å². The Kier molecular flexibility index (Phi) is 6.14. The van der Waals surface area contributed by atoms with E-state index in [1.165, 1.54) is 0 Å². The molecule has 2 fully saturated rings. The topological polar surface area (TPSA) is 105 Å². The molecule has 2 unspecified atom stereocenters. The number of allylic oxidation sites excluding steroid dienone is 3. The lowest BCUT2D eigenvalue weighted by molar-refractivity contribution is -0.121. The van der Waals surface area contributed by atoms with Crippen LogP contribution in [0, 0.1) is 11.8 Å². The molecule has 1 aromatic rings. The van der Waals surface area contributed by atoms with Gasteiger partial charge in [-0.05, 0) is 57.6 Å². The molecule has 2 aliphatic heterocycles. The number of aliphatic hydroxyl groups excluding tert-OH is 1. The van der Waals surface area contributed by atoms with Crippen LogP contribution in [-0.2, 0) is 9.53 Å². The Morgan fingerprint density at radius 2 is 2.00 bits per heavy atom. The van der Waals surface area contributed by atoms with Crippen molar-refractivity contribution in [2.45, 2.75) is 69.9 Å². The largest absolute Gasteiger partial charge is 0.443 e. The molecule has 1 aliphatic carbocycles. The third-order valence-electron chi connectivity index (χ3n) is 7.03. The van der Waals surface area contributed by atoms with Crippen LogP contribution in [0.3, 0.4) is 0 Å². The Hall–Kier alpha value is -2.64. The number of aliphatic hydroxyl groups is 1. The molecular formula is C25H33N3O4. The van der Waals surface area contributed by atoms with Gasteiger partial charge in [-0.25, -0.2) is 4.79 Å². The van der Waals surface area contributed by atoms with E-state index in [-0.39, 0.29) is 35.9 Å². The maximum Gasteiger partial charge on any atom is 0.410 e. The highest BCUT2D eigenvalue weighted by Crippen LogP contribution is 2.48. The fourth-order valence-electron chi connectivity index (χ4n) is 5.53. The van der Waals surface area contributed by atoms with Gasteiger partial charge in [0.15, 0.2) is 0 Å². The number of cyclic esters (lactones) is 1. The van der Waals surface area contributed by atoms with Crippen LogP contribution in [0.15, 0.2) is 54.3 Å². The average molecular weight is 440 g/mol. The number of hydrogen-bond donors (Lipinski definition) is 3. The Balaban J connectivity index is 1.53. The summed E-state index contributed by atoms with van der Waals surface area (Å²) in [5.41, 5.74) is 6.56. The molecule has 6 atom stereocenters. The first kappa shape index (κ1) is 22.6. The van der Waals surface area contributed by atoms with Crippen LogP contribution in [0.25, 0.3) is 0 Å². The van der Waals surface area contributed by atoms with E-state index in [2.05, 4.69) is 11.4 Å². The van der Waals surface area contributed by atoms with Gasteiger partial charge in [-0.1, -0.05) is 42.5 Å². The molecule has 7 heteroatoms. The first-order valence-electron chi connectivity index (χ1n) is 11.4. The fraction of sp³-hybridized carbons (Fsp3) is 0.520. The highest BCUT2D eigenvalue weighted by molar-refractivity contribution is 5.83. The van der Waals surface area contributed by atoms with Gasteiger partial charge in [0, 0.05) is 17.7 Å². The minimum absolute atomic E-state index is 0.0159. The van der Waals surface area contributed by atoms with Gasteiger partial charge in [-0.15, -0.1) is 0 Å². The van der Waals surface area contributed by atoms with Gasteiger partial charge in [0.05, 0.1) is 18.2 Å². The number of nitrogens with two attached hydrogens (primary N) is 1. The predicted octanol–water partition coefficient (Wildman–Crippen LogP) is 3.02. The summed E-state index contributed by atoms with van der Waals surface area (Å²) in [6.07, 6.45) is 7.19. The van der Waals surface area contributed by atoms with E-state index < -0.39 is 17.7 Å². The summed E-state index contributed by atoms with van der Waals surface area (Å²) in [6.45, 7) is 5.59. The van der Waals surface area contributed by atoms with Crippen molar-refractivity contribution in [1.82, 2.24) is 10.2 Å². The molecule has 3 aliphatic rings. The zero-order valence-corrected chi connectivity index (χ0v) is 18.9. The average Bonchev–Trinajstić information content (AvgIpc) is 3.19. The van der Waals surface area contributed by atoms with Crippen molar-refractivity contribution >= 4 is 12.0 Å². The van der Waals surface area contributed by atoms with Gasteiger partial charge >= 0.3 is 6.09 Å². The molecule has 0 radical (unpaired) electrons. The Morgan fingerprint density at radius 1 is 1.28 bits per heavy atom. The second-order valence-corrected chi connectivity index (χ2v) is 9.67. The second kappa shape index (κ2) is 8.71. The van der Waals surface area contributed by atoms with Crippen molar-refractivity contribution in [3.05, 3.63) is 59.8 Å². The third-order valence-corrected chi connectivity index (χ3v) is 7.03. The molecule has 1 aromatic carbocycles. The van der Waals surface area contributed by atoms with Crippen molar-refractivity contribution in [1.29, 1.82) is 0 Å². The zero-order valence-electron chi connectivity index (χ0n) is 18.9. The lowest BCUT2D eigenvalue weighted by atomic mass is 9.71. The van der Waals surface area contributed by atoms with E-state index >= 15 is 0 Å². The summed E-state index contributed by atoms with van der Waals surface area (Å²) < 4.78 is 5.93. The number of nitrogens with one attached hydrogen (secondary N) is 1. The van der Waals surface area contributed by atoms with E-state index in [0.29, 0.717) is 0 Å². The maximum absolute atomic E-state index is 13.0. The summed E-state index contributed by atoms with van der Waals surface area (Å²) in [6, 6.07) is 8.59. The normalized spacial score (nSPS) is 30.7. The predicted molar refractivity (Wildman–Crippen MR) is 121 cm³/mol. The van der Waals surface area contributed by atoms with E-state index in [4.69, 9.17) is 10.5 Å². The summed E-state index contributed by atoms with van der Waals surface area (Å²) in [5, 5.41) is 13.9. The highest BCUT2D eigenvalue weighted by atomic mass is 16.6.